The molecule has 16 heavy (non-hydrogen) atoms. The summed E-state index contributed by atoms with van der Waals surface area (Å²) in [4.78, 5) is 10.3. The second-order valence-corrected chi connectivity index (χ2v) is 3.17. The van der Waals surface area contributed by atoms with E-state index in [9.17, 15) is 10.1 Å². The summed E-state index contributed by atoms with van der Waals surface area (Å²) in [6, 6.07) is 9.03. The van der Waals surface area contributed by atoms with Gasteiger partial charge in [-0.2, -0.15) is 0 Å². The average molecular weight is 243 g/mol. The number of guanidine groups is 1. The van der Waals surface area contributed by atoms with Gasteiger partial charge in [-0.15, -0.1) is 11.6 Å². The van der Waals surface area contributed by atoms with Gasteiger partial charge in [-0.1, -0.05) is 18.2 Å². The summed E-state index contributed by atoms with van der Waals surface area (Å²) in [6.45, 7) is 0.397. The highest BCUT2D eigenvalue weighted by Gasteiger charge is 2.04. The highest BCUT2D eigenvalue weighted by atomic mass is 35.5. The predicted octanol–water partition coefficient (Wildman–Crippen LogP) is 1.47. The highest BCUT2D eigenvalue weighted by Crippen LogP contribution is 2.04. The first-order valence-electron chi connectivity index (χ1n) is 4.57. The second kappa shape index (κ2) is 6.62. The molecule has 0 spiro atoms. The van der Waals surface area contributed by atoms with Crippen molar-refractivity contribution >= 4 is 23.2 Å². The van der Waals surface area contributed by atoms with Gasteiger partial charge in [-0.25, -0.2) is 10.1 Å². The normalized spacial score (nSPS) is 10.9. The SMILES string of the molecule is O=[N+]([O-])/N=C(\NCCCl)Nc1ccccc1. The lowest BCUT2D eigenvalue weighted by Gasteiger charge is -2.07. The Kier molecular flexibility index (Phi) is 5.07. The van der Waals surface area contributed by atoms with Crippen LogP contribution in [0.1, 0.15) is 0 Å². The number of alkyl halides is 1. The maximum Gasteiger partial charge on any atom is 0.273 e. The third kappa shape index (κ3) is 4.61. The smallest absolute Gasteiger partial charge is 0.273 e. The Morgan fingerprint density at radius 2 is 2.12 bits per heavy atom. The fraction of sp³-hybridized carbons (Fsp3) is 0.222. The Balaban J connectivity index is 2.67. The third-order valence-corrected chi connectivity index (χ3v) is 1.79. The number of nitro groups is 1. The van der Waals surface area contributed by atoms with Crippen LogP contribution < -0.4 is 10.6 Å². The molecule has 0 aromatic heterocycles. The number of hydrogen-bond acceptors (Lipinski definition) is 2. The summed E-state index contributed by atoms with van der Waals surface area (Å²) in [5, 5.41) is 18.2. The van der Waals surface area contributed by atoms with Gasteiger partial charge in [0.05, 0.1) is 0 Å². The molecule has 0 amide bonds. The number of nitrogens with one attached hydrogen (secondary N) is 2. The summed E-state index contributed by atoms with van der Waals surface area (Å²) < 4.78 is 0. The lowest BCUT2D eigenvalue weighted by Crippen LogP contribution is -2.33. The second-order valence-electron chi connectivity index (χ2n) is 2.79. The predicted molar refractivity (Wildman–Crippen MR) is 63.2 cm³/mol. The van der Waals surface area contributed by atoms with Crippen molar-refractivity contribution in [2.45, 2.75) is 0 Å². The standard InChI is InChI=1S/C9H11ClN4O2/c10-6-7-11-9(13-14(15)16)12-8-4-2-1-3-5-8/h1-5H,6-7H2,(H2,11,12,13). The fourth-order valence-corrected chi connectivity index (χ4v) is 1.10. The van der Waals surface area contributed by atoms with Crippen molar-refractivity contribution in [2.75, 3.05) is 17.7 Å². The molecule has 0 bridgehead atoms. The van der Waals surface area contributed by atoms with Gasteiger partial charge in [0.2, 0.25) is 0 Å². The number of para-hydroxylation sites is 1. The topological polar surface area (TPSA) is 79.6 Å². The van der Waals surface area contributed by atoms with Crippen molar-refractivity contribution in [1.29, 1.82) is 0 Å². The Hall–Kier alpha value is -1.82. The molecule has 0 aliphatic carbocycles. The van der Waals surface area contributed by atoms with Crippen LogP contribution in [-0.4, -0.2) is 23.4 Å². The molecule has 0 saturated heterocycles. The van der Waals surface area contributed by atoms with Crippen LogP contribution >= 0.6 is 11.6 Å². The molecule has 0 heterocycles. The number of nitrogens with zero attached hydrogens (tertiary/aromatic N) is 2. The monoisotopic (exact) mass is 242 g/mol. The van der Waals surface area contributed by atoms with Crippen LogP contribution in [0.15, 0.2) is 35.4 Å². The van der Waals surface area contributed by atoms with E-state index in [2.05, 4.69) is 15.7 Å². The highest BCUT2D eigenvalue weighted by molar-refractivity contribution is 6.18. The molecule has 86 valence electrons. The van der Waals surface area contributed by atoms with Crippen molar-refractivity contribution in [3.05, 3.63) is 40.4 Å². The van der Waals surface area contributed by atoms with E-state index in [4.69, 9.17) is 11.6 Å². The third-order valence-electron chi connectivity index (χ3n) is 1.61. The zero-order valence-corrected chi connectivity index (χ0v) is 9.15. The van der Waals surface area contributed by atoms with Crippen LogP contribution in [0.4, 0.5) is 5.69 Å². The Morgan fingerprint density at radius 1 is 1.44 bits per heavy atom. The van der Waals surface area contributed by atoms with Crippen LogP contribution in [0.5, 0.6) is 0 Å². The van der Waals surface area contributed by atoms with Crippen molar-refractivity contribution in [2.24, 2.45) is 5.10 Å². The van der Waals surface area contributed by atoms with E-state index < -0.39 is 5.03 Å². The molecule has 0 aliphatic rings. The van der Waals surface area contributed by atoms with E-state index in [0.29, 0.717) is 18.1 Å². The minimum Gasteiger partial charge on any atom is -0.350 e. The van der Waals surface area contributed by atoms with Gasteiger partial charge in [-0.3, -0.25) is 0 Å². The van der Waals surface area contributed by atoms with Gasteiger partial charge >= 0.3 is 0 Å². The molecule has 0 radical (unpaired) electrons. The van der Waals surface area contributed by atoms with Gasteiger partial charge < -0.3 is 10.6 Å². The number of benzene rings is 1. The molecule has 1 rings (SSSR count). The summed E-state index contributed by atoms with van der Waals surface area (Å²) in [6.07, 6.45) is 0. The zero-order valence-electron chi connectivity index (χ0n) is 8.39. The summed E-state index contributed by atoms with van der Waals surface area (Å²) in [5.41, 5.74) is 0.713. The van der Waals surface area contributed by atoms with Gasteiger partial charge in [0.25, 0.3) is 5.96 Å². The Morgan fingerprint density at radius 3 is 2.69 bits per heavy atom. The molecule has 1 aromatic carbocycles. The average Bonchev–Trinajstić information content (AvgIpc) is 2.26. The van der Waals surface area contributed by atoms with Crippen molar-refractivity contribution in [1.82, 2.24) is 5.32 Å². The molecule has 0 fully saturated rings. The quantitative estimate of drug-likeness (QED) is 0.276. The zero-order chi connectivity index (χ0) is 11.8. The largest absolute Gasteiger partial charge is 0.350 e. The van der Waals surface area contributed by atoms with Crippen LogP contribution in [0, 0.1) is 10.1 Å². The first-order chi connectivity index (χ1) is 7.72. The van der Waals surface area contributed by atoms with E-state index >= 15 is 0 Å². The summed E-state index contributed by atoms with van der Waals surface area (Å²) in [5.74, 6) is 0.407. The van der Waals surface area contributed by atoms with Crippen molar-refractivity contribution in [3.63, 3.8) is 0 Å². The number of halogens is 1. The number of hydrogen-bond donors (Lipinski definition) is 2. The van der Waals surface area contributed by atoms with Crippen molar-refractivity contribution < 1.29 is 5.03 Å². The molecule has 2 N–H and O–H groups in total. The minimum atomic E-state index is -0.771. The van der Waals surface area contributed by atoms with Crippen molar-refractivity contribution in [3.8, 4) is 0 Å². The maximum absolute atomic E-state index is 10.3. The first-order valence-corrected chi connectivity index (χ1v) is 5.10. The molecular formula is C9H11ClN4O2. The Labute approximate surface area is 97.4 Å². The van der Waals surface area contributed by atoms with E-state index in [0.717, 1.165) is 0 Å². The molecule has 0 unspecified atom stereocenters. The number of rotatable bonds is 4. The molecule has 7 heteroatoms. The molecule has 6 nitrogen and oxygen atoms in total. The fourth-order valence-electron chi connectivity index (χ4n) is 1.01. The van der Waals surface area contributed by atoms with Crippen LogP contribution in [0.25, 0.3) is 0 Å². The summed E-state index contributed by atoms with van der Waals surface area (Å²) in [7, 11) is 0. The Bertz CT molecular complexity index is 369. The van der Waals surface area contributed by atoms with E-state index in [1.165, 1.54) is 0 Å². The molecule has 1 aromatic rings. The lowest BCUT2D eigenvalue weighted by molar-refractivity contribution is -0.485. The van der Waals surface area contributed by atoms with E-state index in [1.54, 1.807) is 12.1 Å². The molecule has 0 saturated carbocycles. The number of anilines is 1. The van der Waals surface area contributed by atoms with Crippen LogP contribution in [0.2, 0.25) is 0 Å². The van der Waals surface area contributed by atoms with Gasteiger partial charge in [0.1, 0.15) is 5.10 Å². The minimum absolute atomic E-state index is 0.0665. The van der Waals surface area contributed by atoms with Gasteiger partial charge in [-0.05, 0) is 12.1 Å². The molecule has 0 atom stereocenters. The van der Waals surface area contributed by atoms with E-state index in [-0.39, 0.29) is 5.96 Å². The maximum atomic E-state index is 10.3. The van der Waals surface area contributed by atoms with Gasteiger partial charge in [0.15, 0.2) is 5.03 Å². The number of hydrazone groups is 1. The van der Waals surface area contributed by atoms with Crippen LogP contribution in [-0.2, 0) is 0 Å². The first kappa shape index (κ1) is 12.3. The molecular weight excluding hydrogens is 232 g/mol. The lowest BCUT2D eigenvalue weighted by atomic mass is 10.3. The van der Waals surface area contributed by atoms with Gasteiger partial charge in [0, 0.05) is 18.1 Å². The van der Waals surface area contributed by atoms with Crippen LogP contribution in [0.3, 0.4) is 0 Å². The summed E-state index contributed by atoms with van der Waals surface area (Å²) >= 11 is 5.47. The van der Waals surface area contributed by atoms with E-state index in [1.807, 2.05) is 18.2 Å². The molecule has 0 aliphatic heterocycles.